The Labute approximate surface area is 132 Å². The molecule has 0 spiro atoms. The molecule has 2 unspecified atom stereocenters. The number of hydrogen-bond donors (Lipinski definition) is 1. The van der Waals surface area contributed by atoms with Gasteiger partial charge in [0.2, 0.25) is 0 Å². The Kier molecular flexibility index (Phi) is 6.23. The number of thioether (sulfide) groups is 1. The number of nitrogens with one attached hydrogen (secondary N) is 1. The molecule has 2 heterocycles. The molecule has 5 heteroatoms. The second kappa shape index (κ2) is 7.70. The average Bonchev–Trinajstić information content (AvgIpc) is 3.06. The van der Waals surface area contributed by atoms with Gasteiger partial charge in [-0.1, -0.05) is 24.6 Å². The fourth-order valence-corrected chi connectivity index (χ4v) is 4.23. The van der Waals surface area contributed by atoms with Gasteiger partial charge in [-0.25, -0.2) is 0 Å². The summed E-state index contributed by atoms with van der Waals surface area (Å²) in [5.74, 6) is 0. The summed E-state index contributed by atoms with van der Waals surface area (Å²) >= 11 is 11.4. The minimum absolute atomic E-state index is 0.284. The monoisotopic (exact) mass is 331 g/mol. The highest BCUT2D eigenvalue weighted by Gasteiger charge is 2.16. The molecule has 0 aliphatic rings. The quantitative estimate of drug-likeness (QED) is 0.740. The van der Waals surface area contributed by atoms with Crippen LogP contribution in [0.1, 0.15) is 29.1 Å². The summed E-state index contributed by atoms with van der Waals surface area (Å²) in [6.45, 7) is 3.30. The fourth-order valence-electron chi connectivity index (χ4n) is 1.83. The lowest BCUT2D eigenvalue weighted by atomic mass is 10.2. The van der Waals surface area contributed by atoms with Crippen LogP contribution in [-0.4, -0.2) is 18.1 Å². The van der Waals surface area contributed by atoms with E-state index in [0.29, 0.717) is 5.25 Å². The molecule has 2 rings (SSSR count). The first-order valence-corrected chi connectivity index (χ1v) is 9.61. The van der Waals surface area contributed by atoms with Gasteiger partial charge in [0.05, 0.1) is 10.4 Å². The molecule has 0 saturated heterocycles. The third-order valence-corrected chi connectivity index (χ3v) is 6.28. The van der Waals surface area contributed by atoms with Gasteiger partial charge < -0.3 is 5.32 Å². The van der Waals surface area contributed by atoms with Crippen LogP contribution in [0.5, 0.6) is 0 Å². The first kappa shape index (κ1) is 15.4. The summed E-state index contributed by atoms with van der Waals surface area (Å²) in [5.41, 5.74) is 0. The predicted octanol–water partition coefficient (Wildman–Crippen LogP) is 5.28. The zero-order chi connectivity index (χ0) is 13.7. The van der Waals surface area contributed by atoms with Crippen LogP contribution in [0.15, 0.2) is 29.6 Å². The molecule has 0 saturated carbocycles. The topological polar surface area (TPSA) is 12.0 Å². The van der Waals surface area contributed by atoms with Crippen molar-refractivity contribution in [1.82, 2.24) is 5.32 Å². The molecule has 19 heavy (non-hydrogen) atoms. The van der Waals surface area contributed by atoms with Crippen molar-refractivity contribution in [2.45, 2.75) is 24.6 Å². The lowest BCUT2D eigenvalue weighted by Gasteiger charge is -2.17. The highest BCUT2D eigenvalue weighted by molar-refractivity contribution is 7.99. The number of rotatable bonds is 7. The maximum Gasteiger partial charge on any atom is 0.0931 e. The minimum atomic E-state index is 0.284. The molecule has 0 radical (unpaired) electrons. The highest BCUT2D eigenvalue weighted by atomic mass is 35.5. The van der Waals surface area contributed by atoms with Crippen molar-refractivity contribution in [2.75, 3.05) is 12.8 Å². The van der Waals surface area contributed by atoms with E-state index >= 15 is 0 Å². The molecular weight excluding hydrogens is 314 g/mol. The second-order valence-electron chi connectivity index (χ2n) is 4.38. The summed E-state index contributed by atoms with van der Waals surface area (Å²) < 4.78 is 0.857. The molecular formula is C14H18ClNS3. The van der Waals surface area contributed by atoms with E-state index < -0.39 is 0 Å². The van der Waals surface area contributed by atoms with Crippen LogP contribution >= 0.6 is 46.0 Å². The Morgan fingerprint density at radius 1 is 1.32 bits per heavy atom. The van der Waals surface area contributed by atoms with Gasteiger partial charge in [0, 0.05) is 15.0 Å². The molecule has 2 aromatic rings. The molecule has 0 amide bonds. The number of thiophene rings is 2. The van der Waals surface area contributed by atoms with Crippen LogP contribution in [0, 0.1) is 0 Å². The molecule has 2 aromatic heterocycles. The Morgan fingerprint density at radius 3 is 2.74 bits per heavy atom. The molecule has 1 N–H and O–H groups in total. The molecule has 1 nitrogen and oxygen atoms in total. The van der Waals surface area contributed by atoms with Crippen molar-refractivity contribution in [2.24, 2.45) is 0 Å². The minimum Gasteiger partial charge on any atom is -0.305 e. The van der Waals surface area contributed by atoms with Crippen LogP contribution in [0.25, 0.3) is 0 Å². The van der Waals surface area contributed by atoms with Gasteiger partial charge >= 0.3 is 0 Å². The summed E-state index contributed by atoms with van der Waals surface area (Å²) in [7, 11) is 0. The zero-order valence-corrected chi connectivity index (χ0v) is 14.3. The van der Waals surface area contributed by atoms with E-state index in [1.54, 1.807) is 22.7 Å². The number of hydrogen-bond acceptors (Lipinski definition) is 4. The smallest absolute Gasteiger partial charge is 0.0931 e. The standard InChI is InChI=1S/C14H18ClNS3/c1-10(17-2)7-8-16-14(11-4-3-9-18-11)12-5-6-13(15)19-12/h3-6,9-10,14,16H,7-8H2,1-2H3. The highest BCUT2D eigenvalue weighted by Crippen LogP contribution is 2.33. The Hall–Kier alpha value is -0.0000000000000000278. The summed E-state index contributed by atoms with van der Waals surface area (Å²) in [5, 5.41) is 6.49. The molecule has 0 aliphatic heterocycles. The molecule has 104 valence electrons. The average molecular weight is 332 g/mol. The fraction of sp³-hybridized carbons (Fsp3) is 0.429. The van der Waals surface area contributed by atoms with Crippen LogP contribution < -0.4 is 5.32 Å². The van der Waals surface area contributed by atoms with Gasteiger partial charge in [-0.2, -0.15) is 11.8 Å². The second-order valence-corrected chi connectivity index (χ2v) is 8.38. The first-order valence-electron chi connectivity index (χ1n) is 6.25. The third kappa shape index (κ3) is 4.50. The van der Waals surface area contributed by atoms with Crippen molar-refractivity contribution in [3.8, 4) is 0 Å². The van der Waals surface area contributed by atoms with Gasteiger partial charge in [-0.05, 0) is 42.8 Å². The molecule has 0 fully saturated rings. The summed E-state index contributed by atoms with van der Waals surface area (Å²) in [6.07, 6.45) is 3.35. The largest absolute Gasteiger partial charge is 0.305 e. The van der Waals surface area contributed by atoms with Crippen molar-refractivity contribution >= 4 is 46.0 Å². The van der Waals surface area contributed by atoms with Crippen molar-refractivity contribution < 1.29 is 0 Å². The zero-order valence-electron chi connectivity index (χ0n) is 11.1. The summed E-state index contributed by atoms with van der Waals surface area (Å²) in [6, 6.07) is 8.69. The normalized spacial score (nSPS) is 14.5. The maximum atomic E-state index is 6.06. The number of halogens is 1. The van der Waals surface area contributed by atoms with E-state index in [4.69, 9.17) is 11.6 Å². The molecule has 0 aliphatic carbocycles. The third-order valence-electron chi connectivity index (χ3n) is 3.01. The Morgan fingerprint density at radius 2 is 2.16 bits per heavy atom. The van der Waals surface area contributed by atoms with E-state index in [9.17, 15) is 0 Å². The Balaban J connectivity index is 2.03. The predicted molar refractivity (Wildman–Crippen MR) is 91.1 cm³/mol. The van der Waals surface area contributed by atoms with Crippen molar-refractivity contribution in [3.63, 3.8) is 0 Å². The lowest BCUT2D eigenvalue weighted by molar-refractivity contribution is 0.595. The van der Waals surface area contributed by atoms with Crippen molar-refractivity contribution in [1.29, 1.82) is 0 Å². The first-order chi connectivity index (χ1) is 9.20. The lowest BCUT2D eigenvalue weighted by Crippen LogP contribution is -2.23. The SMILES string of the molecule is CSC(C)CCNC(c1cccs1)c1ccc(Cl)s1. The van der Waals surface area contributed by atoms with E-state index in [2.05, 4.69) is 42.1 Å². The Bertz CT molecular complexity index is 481. The van der Waals surface area contributed by atoms with Gasteiger partial charge in [-0.3, -0.25) is 0 Å². The van der Waals surface area contributed by atoms with Gasteiger partial charge in [0.1, 0.15) is 0 Å². The van der Waals surface area contributed by atoms with E-state index in [0.717, 1.165) is 10.9 Å². The summed E-state index contributed by atoms with van der Waals surface area (Å²) in [4.78, 5) is 2.65. The van der Waals surface area contributed by atoms with E-state index in [1.165, 1.54) is 16.2 Å². The van der Waals surface area contributed by atoms with E-state index in [-0.39, 0.29) is 6.04 Å². The van der Waals surface area contributed by atoms with Crippen LogP contribution in [0.3, 0.4) is 0 Å². The molecule has 0 bridgehead atoms. The molecule has 2 atom stereocenters. The van der Waals surface area contributed by atoms with Crippen molar-refractivity contribution in [3.05, 3.63) is 43.7 Å². The van der Waals surface area contributed by atoms with E-state index in [1.807, 2.05) is 17.8 Å². The van der Waals surface area contributed by atoms with Gasteiger partial charge in [0.15, 0.2) is 0 Å². The molecule has 0 aromatic carbocycles. The van der Waals surface area contributed by atoms with Crippen LogP contribution in [0.4, 0.5) is 0 Å². The van der Waals surface area contributed by atoms with Crippen LogP contribution in [0.2, 0.25) is 4.34 Å². The van der Waals surface area contributed by atoms with Gasteiger partial charge in [0.25, 0.3) is 0 Å². The van der Waals surface area contributed by atoms with Gasteiger partial charge in [-0.15, -0.1) is 22.7 Å². The van der Waals surface area contributed by atoms with Crippen LogP contribution in [-0.2, 0) is 0 Å². The maximum absolute atomic E-state index is 6.06.